The molecule has 0 fully saturated rings. The van der Waals surface area contributed by atoms with E-state index in [0.717, 1.165) is 27.8 Å². The molecule has 2 heterocycles. The van der Waals surface area contributed by atoms with Crippen molar-refractivity contribution in [2.75, 3.05) is 0 Å². The maximum atomic E-state index is 13.6. The lowest BCUT2D eigenvalue weighted by Gasteiger charge is -2.14. The van der Waals surface area contributed by atoms with Gasteiger partial charge in [-0.25, -0.2) is 4.79 Å². The second kappa shape index (κ2) is 8.61. The van der Waals surface area contributed by atoms with E-state index in [-0.39, 0.29) is 18.6 Å². The summed E-state index contributed by atoms with van der Waals surface area (Å²) in [5, 5.41) is 0.735. The van der Waals surface area contributed by atoms with Crippen LogP contribution in [0.3, 0.4) is 0 Å². The summed E-state index contributed by atoms with van der Waals surface area (Å²) >= 11 is 1.29. The van der Waals surface area contributed by atoms with E-state index in [1.165, 1.54) is 26.5 Å². The van der Waals surface area contributed by atoms with E-state index in [1.807, 2.05) is 54.6 Å². The first kappa shape index (κ1) is 22.2. The molecule has 0 N–H and O–H groups in total. The number of nitrogens with zero attached hydrogens (tertiary/aromatic N) is 2. The highest BCUT2D eigenvalue weighted by molar-refractivity contribution is 7.25. The molecule has 5 rings (SSSR count). The van der Waals surface area contributed by atoms with Gasteiger partial charge in [-0.2, -0.15) is 13.2 Å². The van der Waals surface area contributed by atoms with Gasteiger partial charge in [-0.1, -0.05) is 60.7 Å². The summed E-state index contributed by atoms with van der Waals surface area (Å²) in [6.45, 7) is 0.0973. The number of halogens is 3. The molecule has 0 spiro atoms. The van der Waals surface area contributed by atoms with Gasteiger partial charge in [0.1, 0.15) is 4.70 Å². The van der Waals surface area contributed by atoms with Gasteiger partial charge in [-0.15, -0.1) is 11.3 Å². The van der Waals surface area contributed by atoms with Crippen molar-refractivity contribution in [3.63, 3.8) is 0 Å². The van der Waals surface area contributed by atoms with E-state index in [0.29, 0.717) is 22.2 Å². The van der Waals surface area contributed by atoms with Gasteiger partial charge in [0.25, 0.3) is 5.56 Å². The van der Waals surface area contributed by atoms with Crippen molar-refractivity contribution in [3.8, 4) is 0 Å². The maximum Gasteiger partial charge on any atom is 0.416 e. The van der Waals surface area contributed by atoms with Crippen LogP contribution in [0, 0.1) is 0 Å². The van der Waals surface area contributed by atoms with Gasteiger partial charge >= 0.3 is 11.9 Å². The van der Waals surface area contributed by atoms with Crippen molar-refractivity contribution in [3.05, 3.63) is 116 Å². The van der Waals surface area contributed by atoms with Crippen LogP contribution in [0.1, 0.15) is 16.7 Å². The molecule has 0 radical (unpaired) electrons. The first-order chi connectivity index (χ1) is 16.3. The van der Waals surface area contributed by atoms with Crippen molar-refractivity contribution in [2.45, 2.75) is 25.7 Å². The zero-order chi connectivity index (χ0) is 23.9. The number of aryl methyl sites for hydroxylation is 1. The molecule has 0 saturated heterocycles. The lowest BCUT2D eigenvalue weighted by molar-refractivity contribution is -0.137. The molecule has 4 nitrogen and oxygen atoms in total. The molecular formula is C26H19F3N2O2S. The number of hydrogen-bond acceptors (Lipinski definition) is 3. The number of thiophene rings is 1. The number of alkyl halides is 3. The molecule has 0 bridgehead atoms. The quantitative estimate of drug-likeness (QED) is 0.325. The SMILES string of the molecule is O=c1c2sc3ccccc3c2n(Cc2cccc(C(F)(F)F)c2)c(=O)n1CCc1ccccc1. The average Bonchev–Trinajstić information content (AvgIpc) is 3.22. The average molecular weight is 481 g/mol. The Kier molecular flexibility index (Phi) is 5.61. The number of benzene rings is 3. The highest BCUT2D eigenvalue weighted by Crippen LogP contribution is 2.32. The Labute approximate surface area is 196 Å². The minimum atomic E-state index is -4.49. The van der Waals surface area contributed by atoms with Crippen LogP contribution >= 0.6 is 11.3 Å². The van der Waals surface area contributed by atoms with E-state index >= 15 is 0 Å². The van der Waals surface area contributed by atoms with Crippen LogP contribution in [-0.2, 0) is 25.7 Å². The summed E-state index contributed by atoms with van der Waals surface area (Å²) in [4.78, 5) is 26.9. The molecule has 172 valence electrons. The van der Waals surface area contributed by atoms with Crippen molar-refractivity contribution < 1.29 is 13.2 Å². The monoisotopic (exact) mass is 480 g/mol. The molecule has 0 unspecified atom stereocenters. The third kappa shape index (κ3) is 4.05. The minimum Gasteiger partial charge on any atom is -0.287 e. The summed E-state index contributed by atoms with van der Waals surface area (Å²) in [7, 11) is 0. The van der Waals surface area contributed by atoms with Gasteiger partial charge in [0, 0.05) is 16.6 Å². The molecule has 5 aromatic rings. The fourth-order valence-corrected chi connectivity index (χ4v) is 5.31. The summed E-state index contributed by atoms with van der Waals surface area (Å²) in [6, 6.07) is 21.8. The van der Waals surface area contributed by atoms with E-state index in [9.17, 15) is 22.8 Å². The molecule has 0 aliphatic carbocycles. The first-order valence-electron chi connectivity index (χ1n) is 10.7. The largest absolute Gasteiger partial charge is 0.416 e. The Morgan fingerprint density at radius 2 is 1.50 bits per heavy atom. The van der Waals surface area contributed by atoms with Crippen molar-refractivity contribution >= 4 is 31.6 Å². The first-order valence-corrected chi connectivity index (χ1v) is 11.5. The molecule has 3 aromatic carbocycles. The minimum absolute atomic E-state index is 0.0778. The maximum absolute atomic E-state index is 13.6. The molecule has 0 saturated carbocycles. The molecule has 0 aliphatic heterocycles. The lowest BCUT2D eigenvalue weighted by atomic mass is 10.1. The number of aromatic nitrogens is 2. The van der Waals surface area contributed by atoms with Gasteiger partial charge in [-0.3, -0.25) is 13.9 Å². The van der Waals surface area contributed by atoms with E-state index in [1.54, 1.807) is 6.07 Å². The smallest absolute Gasteiger partial charge is 0.287 e. The summed E-state index contributed by atoms with van der Waals surface area (Å²) in [6.07, 6.45) is -4.00. The Morgan fingerprint density at radius 3 is 2.26 bits per heavy atom. The van der Waals surface area contributed by atoms with Crippen LogP contribution in [0.5, 0.6) is 0 Å². The molecule has 2 aromatic heterocycles. The van der Waals surface area contributed by atoms with Gasteiger partial charge in [0.2, 0.25) is 0 Å². The van der Waals surface area contributed by atoms with Crippen LogP contribution in [0.25, 0.3) is 20.3 Å². The van der Waals surface area contributed by atoms with Gasteiger partial charge in [-0.05, 0) is 35.7 Å². The van der Waals surface area contributed by atoms with Crippen molar-refractivity contribution in [1.29, 1.82) is 0 Å². The van der Waals surface area contributed by atoms with Gasteiger partial charge < -0.3 is 0 Å². The lowest BCUT2D eigenvalue weighted by Crippen LogP contribution is -2.40. The Balaban J connectivity index is 1.69. The normalized spacial score (nSPS) is 12.0. The van der Waals surface area contributed by atoms with E-state index < -0.39 is 17.4 Å². The topological polar surface area (TPSA) is 44.0 Å². The van der Waals surface area contributed by atoms with Crippen LogP contribution in [-0.4, -0.2) is 9.13 Å². The highest BCUT2D eigenvalue weighted by atomic mass is 32.1. The van der Waals surface area contributed by atoms with Crippen LogP contribution in [0.2, 0.25) is 0 Å². The third-order valence-electron chi connectivity index (χ3n) is 5.80. The zero-order valence-corrected chi connectivity index (χ0v) is 18.7. The van der Waals surface area contributed by atoms with Gasteiger partial charge in [0.15, 0.2) is 0 Å². The molecule has 0 amide bonds. The van der Waals surface area contributed by atoms with Crippen molar-refractivity contribution in [1.82, 2.24) is 9.13 Å². The molecule has 8 heteroatoms. The predicted molar refractivity (Wildman–Crippen MR) is 129 cm³/mol. The second-order valence-electron chi connectivity index (χ2n) is 8.04. The van der Waals surface area contributed by atoms with Gasteiger partial charge in [0.05, 0.1) is 17.6 Å². The fourth-order valence-electron chi connectivity index (χ4n) is 4.15. The Hall–Kier alpha value is -3.65. The Bertz CT molecular complexity index is 1620. The van der Waals surface area contributed by atoms with Crippen molar-refractivity contribution in [2.24, 2.45) is 0 Å². The van der Waals surface area contributed by atoms with Crippen LogP contribution < -0.4 is 11.2 Å². The summed E-state index contributed by atoms with van der Waals surface area (Å²) in [5.41, 5.74) is 0.0918. The van der Waals surface area contributed by atoms with E-state index in [4.69, 9.17) is 0 Å². The Morgan fingerprint density at radius 1 is 0.794 bits per heavy atom. The second-order valence-corrected chi connectivity index (χ2v) is 9.09. The van der Waals surface area contributed by atoms with Crippen LogP contribution in [0.4, 0.5) is 13.2 Å². The molecule has 0 atom stereocenters. The summed E-state index contributed by atoms with van der Waals surface area (Å²) < 4.78 is 43.7. The standard InChI is InChI=1S/C26H19F3N2O2S/c27-26(28,29)19-10-6-9-18(15-19)16-31-22-20-11-4-5-12-21(20)34-23(22)24(32)30(25(31)33)14-13-17-7-2-1-3-8-17/h1-12,15H,13-14,16H2. The van der Waals surface area contributed by atoms with E-state index in [2.05, 4.69) is 0 Å². The fraction of sp³-hybridized carbons (Fsp3) is 0.154. The number of rotatable bonds is 5. The third-order valence-corrected chi connectivity index (χ3v) is 6.95. The molecular weight excluding hydrogens is 461 g/mol. The summed E-state index contributed by atoms with van der Waals surface area (Å²) in [5.74, 6) is 0. The highest BCUT2D eigenvalue weighted by Gasteiger charge is 2.30. The predicted octanol–water partition coefficient (Wildman–Crippen LogP) is 5.69. The number of fused-ring (bicyclic) bond motifs is 3. The van der Waals surface area contributed by atoms with Crippen LogP contribution in [0.15, 0.2) is 88.5 Å². The molecule has 34 heavy (non-hydrogen) atoms. The number of hydrogen-bond donors (Lipinski definition) is 0. The zero-order valence-electron chi connectivity index (χ0n) is 17.9. The molecule has 0 aliphatic rings.